The molecular weight excluding hydrogens is 230 g/mol. The van der Waals surface area contributed by atoms with Gasteiger partial charge in [-0.15, -0.1) is 0 Å². The molecule has 0 aliphatic heterocycles. The summed E-state index contributed by atoms with van der Waals surface area (Å²) in [5.41, 5.74) is 2.13. The molecule has 1 aliphatic carbocycles. The first kappa shape index (κ1) is 12.9. The van der Waals surface area contributed by atoms with Crippen LogP contribution in [0.2, 0.25) is 5.02 Å². The Morgan fingerprint density at radius 1 is 1.24 bits per heavy atom. The van der Waals surface area contributed by atoms with E-state index in [0.717, 1.165) is 11.6 Å². The largest absolute Gasteiger partial charge is 0.319 e. The predicted molar refractivity (Wildman–Crippen MR) is 74.6 cm³/mol. The molecule has 1 saturated carbocycles. The molecule has 1 N–H and O–H groups in total. The van der Waals surface area contributed by atoms with Crippen molar-refractivity contribution in [2.45, 2.75) is 32.6 Å². The van der Waals surface area contributed by atoms with E-state index in [1.165, 1.54) is 12.0 Å². The number of benzene rings is 1. The van der Waals surface area contributed by atoms with Crippen molar-refractivity contribution in [3.8, 4) is 0 Å². The molecule has 0 radical (unpaired) electrons. The van der Waals surface area contributed by atoms with Crippen LogP contribution < -0.4 is 5.32 Å². The van der Waals surface area contributed by atoms with Gasteiger partial charge in [0.15, 0.2) is 0 Å². The van der Waals surface area contributed by atoms with Gasteiger partial charge in [-0.1, -0.05) is 44.5 Å². The number of halogens is 1. The van der Waals surface area contributed by atoms with Crippen molar-refractivity contribution in [3.05, 3.63) is 34.9 Å². The Morgan fingerprint density at radius 3 is 2.29 bits per heavy atom. The van der Waals surface area contributed by atoms with Gasteiger partial charge in [0.05, 0.1) is 0 Å². The second-order valence-corrected chi connectivity index (χ2v) is 6.10. The van der Waals surface area contributed by atoms with Crippen molar-refractivity contribution < 1.29 is 0 Å². The summed E-state index contributed by atoms with van der Waals surface area (Å²) >= 11 is 5.98. The lowest BCUT2D eigenvalue weighted by Crippen LogP contribution is -2.17. The Kier molecular flexibility index (Phi) is 3.26. The second kappa shape index (κ2) is 4.29. The fourth-order valence-electron chi connectivity index (χ4n) is 3.83. The van der Waals surface area contributed by atoms with E-state index in [9.17, 15) is 0 Å². The van der Waals surface area contributed by atoms with Gasteiger partial charge in [0.2, 0.25) is 0 Å². The van der Waals surface area contributed by atoms with Gasteiger partial charge < -0.3 is 5.32 Å². The lowest BCUT2D eigenvalue weighted by atomic mass is 9.85. The highest BCUT2D eigenvalue weighted by Crippen LogP contribution is 2.70. The smallest absolute Gasteiger partial charge is 0.0406 e. The molecule has 2 atom stereocenters. The zero-order valence-electron chi connectivity index (χ0n) is 11.2. The van der Waals surface area contributed by atoms with Crippen molar-refractivity contribution in [1.29, 1.82) is 0 Å². The van der Waals surface area contributed by atoms with E-state index in [1.807, 2.05) is 19.2 Å². The summed E-state index contributed by atoms with van der Waals surface area (Å²) in [5, 5.41) is 4.15. The molecule has 94 valence electrons. The minimum absolute atomic E-state index is 0.320. The fourth-order valence-corrected chi connectivity index (χ4v) is 3.95. The summed E-state index contributed by atoms with van der Waals surface area (Å²) < 4.78 is 0. The van der Waals surface area contributed by atoms with Gasteiger partial charge >= 0.3 is 0 Å². The molecular formula is C15H22ClN. The molecule has 0 bridgehead atoms. The van der Waals surface area contributed by atoms with Crippen LogP contribution in [-0.2, 0) is 5.41 Å². The summed E-state index contributed by atoms with van der Waals surface area (Å²) in [6.07, 6.45) is 1.19. The third-order valence-electron chi connectivity index (χ3n) is 4.86. The van der Waals surface area contributed by atoms with Crippen LogP contribution in [0.15, 0.2) is 24.3 Å². The third kappa shape index (κ3) is 1.71. The van der Waals surface area contributed by atoms with Crippen molar-refractivity contribution in [3.63, 3.8) is 0 Å². The predicted octanol–water partition coefficient (Wildman–Crippen LogP) is 3.86. The average molecular weight is 252 g/mol. The van der Waals surface area contributed by atoms with Crippen molar-refractivity contribution in [2.24, 2.45) is 11.3 Å². The Bertz CT molecular complexity index is 396. The van der Waals surface area contributed by atoms with Crippen LogP contribution in [-0.4, -0.2) is 13.6 Å². The topological polar surface area (TPSA) is 12.0 Å². The maximum absolute atomic E-state index is 5.98. The molecule has 1 fully saturated rings. The number of nitrogens with one attached hydrogen (secondary N) is 1. The first-order valence-electron chi connectivity index (χ1n) is 6.41. The highest BCUT2D eigenvalue weighted by atomic mass is 35.5. The van der Waals surface area contributed by atoms with Gasteiger partial charge in [-0.2, -0.15) is 0 Å². The van der Waals surface area contributed by atoms with Crippen LogP contribution in [0, 0.1) is 11.3 Å². The summed E-state index contributed by atoms with van der Waals surface area (Å²) in [7, 11) is 2.04. The van der Waals surface area contributed by atoms with Gasteiger partial charge in [0.25, 0.3) is 0 Å². The first-order valence-corrected chi connectivity index (χ1v) is 6.79. The molecule has 2 unspecified atom stereocenters. The molecule has 2 rings (SSSR count). The fraction of sp³-hybridized carbons (Fsp3) is 0.600. The SMILES string of the molecule is CCC1(c2ccc(Cl)cc2)C(CNC)C1(C)C. The van der Waals surface area contributed by atoms with Gasteiger partial charge in [-0.05, 0) is 49.0 Å². The Hall–Kier alpha value is -0.530. The van der Waals surface area contributed by atoms with Gasteiger partial charge in [-0.25, -0.2) is 0 Å². The second-order valence-electron chi connectivity index (χ2n) is 5.66. The van der Waals surface area contributed by atoms with E-state index in [0.29, 0.717) is 16.7 Å². The van der Waals surface area contributed by atoms with Gasteiger partial charge in [-0.3, -0.25) is 0 Å². The van der Waals surface area contributed by atoms with Crippen LogP contribution in [0.3, 0.4) is 0 Å². The highest BCUT2D eigenvalue weighted by Gasteiger charge is 2.69. The monoisotopic (exact) mass is 251 g/mol. The molecule has 0 amide bonds. The minimum atomic E-state index is 0.320. The van der Waals surface area contributed by atoms with Crippen molar-refractivity contribution in [1.82, 2.24) is 5.32 Å². The van der Waals surface area contributed by atoms with E-state index in [4.69, 9.17) is 11.6 Å². The van der Waals surface area contributed by atoms with E-state index in [1.54, 1.807) is 0 Å². The summed E-state index contributed by atoms with van der Waals surface area (Å²) in [6, 6.07) is 8.42. The van der Waals surface area contributed by atoms with Crippen LogP contribution in [0.25, 0.3) is 0 Å². The Balaban J connectivity index is 2.36. The molecule has 2 heteroatoms. The lowest BCUT2D eigenvalue weighted by molar-refractivity contribution is 0.482. The number of hydrogen-bond acceptors (Lipinski definition) is 1. The van der Waals surface area contributed by atoms with E-state index < -0.39 is 0 Å². The quantitative estimate of drug-likeness (QED) is 0.857. The zero-order valence-corrected chi connectivity index (χ0v) is 11.9. The number of hydrogen-bond donors (Lipinski definition) is 1. The van der Waals surface area contributed by atoms with Crippen LogP contribution >= 0.6 is 11.6 Å². The van der Waals surface area contributed by atoms with E-state index >= 15 is 0 Å². The van der Waals surface area contributed by atoms with Crippen molar-refractivity contribution >= 4 is 11.6 Å². The first-order chi connectivity index (χ1) is 8.00. The molecule has 17 heavy (non-hydrogen) atoms. The maximum atomic E-state index is 5.98. The molecule has 1 nitrogen and oxygen atoms in total. The Morgan fingerprint density at radius 2 is 1.82 bits per heavy atom. The minimum Gasteiger partial charge on any atom is -0.319 e. The molecule has 0 aromatic heterocycles. The van der Waals surface area contributed by atoms with Crippen molar-refractivity contribution in [2.75, 3.05) is 13.6 Å². The molecule has 0 heterocycles. The summed E-state index contributed by atoms with van der Waals surface area (Å²) in [5.74, 6) is 0.714. The van der Waals surface area contributed by atoms with Crippen LogP contribution in [0.5, 0.6) is 0 Å². The highest BCUT2D eigenvalue weighted by molar-refractivity contribution is 6.30. The van der Waals surface area contributed by atoms with Gasteiger partial charge in [0, 0.05) is 10.4 Å². The standard InChI is InChI=1S/C15H22ClN/c1-5-15(11-6-8-12(16)9-7-11)13(10-17-4)14(15,2)3/h6-9,13,17H,5,10H2,1-4H3. The zero-order chi connectivity index (χ0) is 12.7. The summed E-state index contributed by atoms with van der Waals surface area (Å²) in [6.45, 7) is 8.15. The lowest BCUT2D eigenvalue weighted by Gasteiger charge is -2.19. The molecule has 1 aromatic rings. The maximum Gasteiger partial charge on any atom is 0.0406 e. The molecule has 1 aromatic carbocycles. The third-order valence-corrected chi connectivity index (χ3v) is 5.11. The van der Waals surface area contributed by atoms with E-state index in [-0.39, 0.29) is 0 Å². The molecule has 1 aliphatic rings. The Labute approximate surface area is 110 Å². The summed E-state index contributed by atoms with van der Waals surface area (Å²) in [4.78, 5) is 0. The molecule has 0 spiro atoms. The van der Waals surface area contributed by atoms with Crippen LogP contribution in [0.1, 0.15) is 32.8 Å². The van der Waals surface area contributed by atoms with Gasteiger partial charge in [0.1, 0.15) is 0 Å². The van der Waals surface area contributed by atoms with E-state index in [2.05, 4.69) is 38.2 Å². The van der Waals surface area contributed by atoms with Crippen LogP contribution in [0.4, 0.5) is 0 Å². The average Bonchev–Trinajstić information content (AvgIpc) is 2.78. The molecule has 0 saturated heterocycles. The normalized spacial score (nSPS) is 30.3. The number of rotatable bonds is 4.